The lowest BCUT2D eigenvalue weighted by molar-refractivity contribution is -0.138. The van der Waals surface area contributed by atoms with Crippen LogP contribution in [0.4, 0.5) is 0 Å². The molecule has 0 spiro atoms. The Morgan fingerprint density at radius 3 is 1.94 bits per heavy atom. The lowest BCUT2D eigenvalue weighted by Crippen LogP contribution is -2.43. The van der Waals surface area contributed by atoms with Crippen LogP contribution in [0, 0.1) is 5.92 Å². The minimum atomic E-state index is -0.384. The van der Waals surface area contributed by atoms with Gasteiger partial charge < -0.3 is 19.9 Å². The van der Waals surface area contributed by atoms with Crippen LogP contribution in [0.2, 0.25) is 0 Å². The molecule has 0 saturated carbocycles. The van der Waals surface area contributed by atoms with Gasteiger partial charge in [0.25, 0.3) is 0 Å². The van der Waals surface area contributed by atoms with Gasteiger partial charge in [-0.15, -0.1) is 0 Å². The number of hydrogen-bond donors (Lipinski definition) is 1. The summed E-state index contributed by atoms with van der Waals surface area (Å²) in [5, 5.41) is 2.34. The largest absolute Gasteiger partial charge is 0.463 e. The fourth-order valence-corrected chi connectivity index (χ4v) is 3.18. The fraction of sp³-hybridized carbons (Fsp3) is 0.808. The summed E-state index contributed by atoms with van der Waals surface area (Å²) < 4.78 is 4.92. The van der Waals surface area contributed by atoms with E-state index < -0.39 is 0 Å². The lowest BCUT2D eigenvalue weighted by Gasteiger charge is -2.29. The average molecular weight is 470 g/mol. The summed E-state index contributed by atoms with van der Waals surface area (Å²) in [6.07, 6.45) is 9.12. The first kappa shape index (κ1) is 33.3. The second kappa shape index (κ2) is 20.7. The number of carbonyl (C=O) groups is 3. The van der Waals surface area contributed by atoms with Gasteiger partial charge in [-0.3, -0.25) is 9.59 Å². The summed E-state index contributed by atoms with van der Waals surface area (Å²) in [5.41, 5.74) is 0.466. The third-order valence-electron chi connectivity index (χ3n) is 5.50. The molecule has 1 aliphatic heterocycles. The standard InChI is InChI=1S/C14H24N2O4.C8H17N.C4H10/c1-6-20-14(19)11(4)7-12(10(2)3)16(5)13(18)8-15-9-17;1-8(2)9-6-4-3-5-7-9;1-3-4-2/h7,9-10,12H,6,8H2,1-5H3,(H,15,17);8H,3-7H2,1-2H3;3-4H2,1-2H3/b11-7+;;. The second-order valence-corrected chi connectivity index (χ2v) is 9.00. The van der Waals surface area contributed by atoms with Crippen LogP contribution in [0.3, 0.4) is 0 Å². The molecule has 0 aromatic carbocycles. The third kappa shape index (κ3) is 16.4. The molecule has 1 N–H and O–H groups in total. The molecule has 1 fully saturated rings. The molecule has 0 aromatic rings. The van der Waals surface area contributed by atoms with Crippen molar-refractivity contribution >= 4 is 18.3 Å². The summed E-state index contributed by atoms with van der Waals surface area (Å²) in [5.74, 6) is -0.474. The Bertz CT molecular complexity index is 554. The van der Waals surface area contributed by atoms with Crippen LogP contribution in [0.1, 0.15) is 87.5 Å². The number of ether oxygens (including phenoxy) is 1. The molecular formula is C26H51N3O4. The van der Waals surface area contributed by atoms with E-state index in [0.717, 1.165) is 6.04 Å². The highest BCUT2D eigenvalue weighted by Gasteiger charge is 2.22. The van der Waals surface area contributed by atoms with Gasteiger partial charge in [0.2, 0.25) is 12.3 Å². The van der Waals surface area contributed by atoms with E-state index >= 15 is 0 Å². The molecule has 0 aliphatic carbocycles. The van der Waals surface area contributed by atoms with Crippen LogP contribution in [0.5, 0.6) is 0 Å². The summed E-state index contributed by atoms with van der Waals surface area (Å²) in [7, 11) is 1.65. The van der Waals surface area contributed by atoms with Crippen LogP contribution < -0.4 is 5.32 Å². The summed E-state index contributed by atoms with van der Waals surface area (Å²) in [6, 6.07) is 0.533. The Morgan fingerprint density at radius 2 is 1.58 bits per heavy atom. The van der Waals surface area contributed by atoms with Gasteiger partial charge in [-0.1, -0.05) is 53.0 Å². The number of carbonyl (C=O) groups excluding carboxylic acids is 3. The zero-order chi connectivity index (χ0) is 25.8. The Morgan fingerprint density at radius 1 is 1.03 bits per heavy atom. The zero-order valence-corrected chi connectivity index (χ0v) is 22.8. The van der Waals surface area contributed by atoms with Gasteiger partial charge in [0.05, 0.1) is 19.2 Å². The van der Waals surface area contributed by atoms with E-state index in [-0.39, 0.29) is 30.4 Å². The van der Waals surface area contributed by atoms with Gasteiger partial charge in [0.15, 0.2) is 0 Å². The van der Waals surface area contributed by atoms with E-state index in [9.17, 15) is 14.4 Å². The second-order valence-electron chi connectivity index (χ2n) is 9.00. The molecule has 2 amide bonds. The average Bonchev–Trinajstić information content (AvgIpc) is 2.81. The van der Waals surface area contributed by atoms with E-state index in [2.05, 4.69) is 37.9 Å². The summed E-state index contributed by atoms with van der Waals surface area (Å²) in [6.45, 7) is 19.2. The number of likely N-dealkylation sites (tertiary alicyclic amines) is 1. The number of amides is 2. The molecule has 1 aliphatic rings. The number of rotatable bonds is 10. The number of piperidine rings is 1. The first-order valence-corrected chi connectivity index (χ1v) is 12.6. The smallest absolute Gasteiger partial charge is 0.333 e. The molecular weight excluding hydrogens is 418 g/mol. The lowest BCUT2D eigenvalue weighted by atomic mass is 10.00. The maximum absolute atomic E-state index is 11.9. The third-order valence-corrected chi connectivity index (χ3v) is 5.50. The van der Waals surface area contributed by atoms with Crippen molar-refractivity contribution < 1.29 is 19.1 Å². The Balaban J connectivity index is 0. The number of nitrogens with one attached hydrogen (secondary N) is 1. The van der Waals surface area contributed by atoms with Gasteiger partial charge in [0.1, 0.15) is 0 Å². The van der Waals surface area contributed by atoms with E-state index in [0.29, 0.717) is 18.6 Å². The highest BCUT2D eigenvalue weighted by molar-refractivity contribution is 5.88. The summed E-state index contributed by atoms with van der Waals surface area (Å²) >= 11 is 0. The molecule has 1 rings (SSSR count). The van der Waals surface area contributed by atoms with Crippen molar-refractivity contribution in [3.8, 4) is 0 Å². The van der Waals surface area contributed by atoms with Gasteiger partial charge in [0, 0.05) is 18.7 Å². The molecule has 0 bridgehead atoms. The van der Waals surface area contributed by atoms with Crippen molar-refractivity contribution in [3.63, 3.8) is 0 Å². The first-order valence-electron chi connectivity index (χ1n) is 12.6. The molecule has 0 radical (unpaired) electrons. The van der Waals surface area contributed by atoms with Crippen molar-refractivity contribution in [2.45, 2.75) is 99.6 Å². The van der Waals surface area contributed by atoms with E-state index in [4.69, 9.17) is 4.74 Å². The number of nitrogens with zero attached hydrogens (tertiary/aromatic N) is 2. The Kier molecular flexibility index (Phi) is 20.9. The SMILES string of the molecule is CC(C)N1CCCCC1.CCCC.CCOC(=O)/C(C)=C/C(C(C)C)N(C)C(=O)CNC=O. The Hall–Kier alpha value is -1.89. The van der Waals surface area contributed by atoms with Gasteiger partial charge >= 0.3 is 5.97 Å². The zero-order valence-electron chi connectivity index (χ0n) is 22.8. The highest BCUT2D eigenvalue weighted by atomic mass is 16.5. The van der Waals surface area contributed by atoms with Crippen molar-refractivity contribution in [3.05, 3.63) is 11.6 Å². The predicted octanol–water partition coefficient (Wildman–Crippen LogP) is 4.41. The molecule has 7 heteroatoms. The highest BCUT2D eigenvalue weighted by Crippen LogP contribution is 2.14. The van der Waals surface area contributed by atoms with Crippen LogP contribution >= 0.6 is 0 Å². The molecule has 1 unspecified atom stereocenters. The molecule has 0 aromatic heterocycles. The monoisotopic (exact) mass is 469 g/mol. The van der Waals surface area contributed by atoms with Gasteiger partial charge in [-0.2, -0.15) is 0 Å². The van der Waals surface area contributed by atoms with Gasteiger partial charge in [-0.05, 0) is 59.5 Å². The van der Waals surface area contributed by atoms with Crippen LogP contribution in [0.25, 0.3) is 0 Å². The quantitative estimate of drug-likeness (QED) is 0.291. The van der Waals surface area contributed by atoms with Crippen molar-refractivity contribution in [2.24, 2.45) is 5.92 Å². The number of esters is 1. The molecule has 1 atom stereocenters. The van der Waals surface area contributed by atoms with Crippen molar-refractivity contribution in [1.82, 2.24) is 15.1 Å². The molecule has 194 valence electrons. The molecule has 7 nitrogen and oxygen atoms in total. The van der Waals surface area contributed by atoms with Crippen LogP contribution in [0.15, 0.2) is 11.6 Å². The molecule has 33 heavy (non-hydrogen) atoms. The number of unbranched alkanes of at least 4 members (excludes halogenated alkanes) is 1. The van der Waals surface area contributed by atoms with Crippen molar-refractivity contribution in [1.29, 1.82) is 0 Å². The fourth-order valence-electron chi connectivity index (χ4n) is 3.18. The van der Waals surface area contributed by atoms with E-state index in [1.807, 2.05) is 13.8 Å². The molecule has 1 saturated heterocycles. The van der Waals surface area contributed by atoms with E-state index in [1.165, 1.54) is 50.1 Å². The van der Waals surface area contributed by atoms with E-state index in [1.54, 1.807) is 27.0 Å². The maximum atomic E-state index is 11.9. The molecule has 1 heterocycles. The predicted molar refractivity (Wildman–Crippen MR) is 137 cm³/mol. The van der Waals surface area contributed by atoms with Crippen LogP contribution in [-0.4, -0.2) is 73.5 Å². The van der Waals surface area contributed by atoms with Gasteiger partial charge in [-0.25, -0.2) is 4.79 Å². The normalized spacial score (nSPS) is 14.9. The first-order chi connectivity index (χ1) is 15.6. The maximum Gasteiger partial charge on any atom is 0.333 e. The minimum Gasteiger partial charge on any atom is -0.463 e. The number of hydrogen-bond acceptors (Lipinski definition) is 5. The minimum absolute atomic E-state index is 0.0600. The van der Waals surface area contributed by atoms with Crippen LogP contribution in [-0.2, 0) is 19.1 Å². The Labute approximate surface area is 203 Å². The topological polar surface area (TPSA) is 79.0 Å². The van der Waals surface area contributed by atoms with Crippen molar-refractivity contribution in [2.75, 3.05) is 33.3 Å². The summed E-state index contributed by atoms with van der Waals surface area (Å²) in [4.78, 5) is 37.8. The number of likely N-dealkylation sites (N-methyl/N-ethyl adjacent to an activating group) is 1.